The molecular weight excluding hydrogens is 234 g/mol. The van der Waals surface area contributed by atoms with Gasteiger partial charge in [0.2, 0.25) is 5.91 Å². The molecule has 1 aromatic rings. The Morgan fingerprint density at radius 2 is 2.06 bits per heavy atom. The summed E-state index contributed by atoms with van der Waals surface area (Å²) in [5.74, 6) is 1.29. The molecular formula is C13H19NO2S. The van der Waals surface area contributed by atoms with Gasteiger partial charge in [0.25, 0.3) is 0 Å². The number of thioether (sulfide) groups is 1. The smallest absolute Gasteiger partial charge is 0.223 e. The first-order chi connectivity index (χ1) is 8.13. The highest BCUT2D eigenvalue weighted by Crippen LogP contribution is 2.09. The summed E-state index contributed by atoms with van der Waals surface area (Å²) in [6.07, 6.45) is 2.79. The van der Waals surface area contributed by atoms with Crippen molar-refractivity contribution in [3.05, 3.63) is 29.8 Å². The molecule has 17 heavy (non-hydrogen) atoms. The Morgan fingerprint density at radius 1 is 1.41 bits per heavy atom. The molecule has 0 saturated carbocycles. The van der Waals surface area contributed by atoms with Gasteiger partial charge >= 0.3 is 0 Å². The van der Waals surface area contributed by atoms with Gasteiger partial charge < -0.3 is 10.4 Å². The molecule has 0 aliphatic carbocycles. The lowest BCUT2D eigenvalue weighted by atomic mass is 10.1. The van der Waals surface area contributed by atoms with Crippen molar-refractivity contribution in [2.24, 2.45) is 5.92 Å². The van der Waals surface area contributed by atoms with E-state index in [1.54, 1.807) is 23.9 Å². The van der Waals surface area contributed by atoms with Gasteiger partial charge in [-0.2, -0.15) is 11.8 Å². The molecule has 2 N–H and O–H groups in total. The molecule has 0 spiro atoms. The zero-order chi connectivity index (χ0) is 12.7. The molecule has 0 aliphatic rings. The fourth-order valence-electron chi connectivity index (χ4n) is 1.49. The number of nitrogens with one attached hydrogen (secondary N) is 1. The average molecular weight is 253 g/mol. The Bertz CT molecular complexity index is 351. The molecule has 4 heteroatoms. The minimum Gasteiger partial charge on any atom is -0.508 e. The van der Waals surface area contributed by atoms with Crippen molar-refractivity contribution in [3.63, 3.8) is 0 Å². The van der Waals surface area contributed by atoms with Gasteiger partial charge in [0.05, 0.1) is 0 Å². The van der Waals surface area contributed by atoms with E-state index in [-0.39, 0.29) is 17.6 Å². The number of amides is 1. The van der Waals surface area contributed by atoms with Crippen LogP contribution in [0.4, 0.5) is 0 Å². The fraction of sp³-hybridized carbons (Fsp3) is 0.462. The van der Waals surface area contributed by atoms with Crippen molar-refractivity contribution in [3.8, 4) is 5.75 Å². The zero-order valence-electron chi connectivity index (χ0n) is 10.3. The number of phenolic OH excluding ortho intramolecular Hbond substituents is 1. The van der Waals surface area contributed by atoms with Crippen LogP contribution in [0.3, 0.4) is 0 Å². The maximum atomic E-state index is 11.6. The second kappa shape index (κ2) is 7.22. The summed E-state index contributed by atoms with van der Waals surface area (Å²) in [7, 11) is 0. The van der Waals surface area contributed by atoms with Crippen molar-refractivity contribution >= 4 is 17.7 Å². The first-order valence-electron chi connectivity index (χ1n) is 5.68. The number of carbonyl (C=O) groups excluding carboxylic acids is 1. The molecule has 0 bridgehead atoms. The number of carbonyl (C=O) groups is 1. The number of aromatic hydroxyl groups is 1. The summed E-state index contributed by atoms with van der Waals surface area (Å²) in [6.45, 7) is 2.58. The molecule has 1 aromatic carbocycles. The van der Waals surface area contributed by atoms with Crippen LogP contribution in [-0.2, 0) is 11.2 Å². The first-order valence-corrected chi connectivity index (χ1v) is 7.07. The number of hydrogen-bond donors (Lipinski definition) is 2. The van der Waals surface area contributed by atoms with Gasteiger partial charge in [-0.05, 0) is 30.4 Å². The van der Waals surface area contributed by atoms with Gasteiger partial charge in [-0.3, -0.25) is 4.79 Å². The van der Waals surface area contributed by atoms with E-state index in [0.29, 0.717) is 6.54 Å². The van der Waals surface area contributed by atoms with Crippen molar-refractivity contribution in [1.29, 1.82) is 0 Å². The Balaban J connectivity index is 2.28. The summed E-state index contributed by atoms with van der Waals surface area (Å²) < 4.78 is 0. The Labute approximate surface area is 107 Å². The third-order valence-electron chi connectivity index (χ3n) is 2.51. The van der Waals surface area contributed by atoms with Gasteiger partial charge in [0, 0.05) is 18.2 Å². The van der Waals surface area contributed by atoms with Crippen molar-refractivity contribution in [2.75, 3.05) is 18.6 Å². The monoisotopic (exact) mass is 253 g/mol. The number of benzene rings is 1. The van der Waals surface area contributed by atoms with Crippen molar-refractivity contribution in [1.82, 2.24) is 5.32 Å². The number of rotatable bonds is 6. The molecule has 0 radical (unpaired) electrons. The number of hydrogen-bond acceptors (Lipinski definition) is 3. The van der Waals surface area contributed by atoms with Crippen LogP contribution in [0.2, 0.25) is 0 Å². The van der Waals surface area contributed by atoms with Crippen LogP contribution in [0.25, 0.3) is 0 Å². The predicted molar refractivity (Wildman–Crippen MR) is 72.4 cm³/mol. The minimum atomic E-state index is 0.0600. The summed E-state index contributed by atoms with van der Waals surface area (Å²) in [5.41, 5.74) is 1.11. The lowest BCUT2D eigenvalue weighted by Gasteiger charge is -2.10. The first kappa shape index (κ1) is 13.9. The number of phenols is 1. The van der Waals surface area contributed by atoms with Gasteiger partial charge in [-0.1, -0.05) is 19.1 Å². The summed E-state index contributed by atoms with van der Waals surface area (Å²) in [6, 6.07) is 7.06. The highest BCUT2D eigenvalue weighted by molar-refractivity contribution is 7.98. The topological polar surface area (TPSA) is 49.3 Å². The SMILES string of the molecule is CSCC(C)C(=O)NCCc1ccc(O)cc1. The Hall–Kier alpha value is -1.16. The van der Waals surface area contributed by atoms with Gasteiger partial charge in [-0.25, -0.2) is 0 Å². The minimum absolute atomic E-state index is 0.0600. The van der Waals surface area contributed by atoms with E-state index >= 15 is 0 Å². The van der Waals surface area contributed by atoms with Crippen LogP contribution >= 0.6 is 11.8 Å². The lowest BCUT2D eigenvalue weighted by molar-refractivity contribution is -0.123. The van der Waals surface area contributed by atoms with Crippen LogP contribution in [-0.4, -0.2) is 29.6 Å². The molecule has 1 amide bonds. The molecule has 0 aromatic heterocycles. The van der Waals surface area contributed by atoms with Gasteiger partial charge in [-0.15, -0.1) is 0 Å². The maximum absolute atomic E-state index is 11.6. The molecule has 0 aliphatic heterocycles. The van der Waals surface area contributed by atoms with Crippen LogP contribution in [0.5, 0.6) is 5.75 Å². The third-order valence-corrected chi connectivity index (χ3v) is 3.35. The molecule has 0 saturated heterocycles. The normalized spacial score (nSPS) is 12.1. The summed E-state index contributed by atoms with van der Waals surface area (Å²) in [4.78, 5) is 11.6. The van der Waals surface area contributed by atoms with Crippen molar-refractivity contribution in [2.45, 2.75) is 13.3 Å². The summed E-state index contributed by atoms with van der Waals surface area (Å²) >= 11 is 1.68. The highest BCUT2D eigenvalue weighted by atomic mass is 32.2. The zero-order valence-corrected chi connectivity index (χ0v) is 11.1. The van der Waals surface area contributed by atoms with E-state index in [4.69, 9.17) is 5.11 Å². The molecule has 1 unspecified atom stereocenters. The molecule has 94 valence electrons. The van der Waals surface area contributed by atoms with E-state index in [2.05, 4.69) is 5.32 Å². The van der Waals surface area contributed by atoms with E-state index in [1.165, 1.54) is 0 Å². The Morgan fingerprint density at radius 3 is 2.65 bits per heavy atom. The Kier molecular flexibility index (Phi) is 5.91. The van der Waals surface area contributed by atoms with E-state index < -0.39 is 0 Å². The van der Waals surface area contributed by atoms with Crippen LogP contribution in [0.1, 0.15) is 12.5 Å². The fourth-order valence-corrected chi connectivity index (χ4v) is 2.14. The van der Waals surface area contributed by atoms with E-state index in [1.807, 2.05) is 25.3 Å². The van der Waals surface area contributed by atoms with Crippen LogP contribution in [0.15, 0.2) is 24.3 Å². The highest BCUT2D eigenvalue weighted by Gasteiger charge is 2.10. The lowest BCUT2D eigenvalue weighted by Crippen LogP contribution is -2.31. The maximum Gasteiger partial charge on any atom is 0.223 e. The largest absolute Gasteiger partial charge is 0.508 e. The van der Waals surface area contributed by atoms with E-state index in [9.17, 15) is 4.79 Å². The predicted octanol–water partition coefficient (Wildman–Crippen LogP) is 2.05. The van der Waals surface area contributed by atoms with Gasteiger partial charge in [0.1, 0.15) is 5.75 Å². The molecule has 0 heterocycles. The standard InChI is InChI=1S/C13H19NO2S/c1-10(9-17-2)13(16)14-8-7-11-3-5-12(15)6-4-11/h3-6,10,15H,7-9H2,1-2H3,(H,14,16). The second-order valence-electron chi connectivity index (χ2n) is 4.06. The van der Waals surface area contributed by atoms with Crippen molar-refractivity contribution < 1.29 is 9.90 Å². The third kappa shape index (κ3) is 5.13. The summed E-state index contributed by atoms with van der Waals surface area (Å²) in [5, 5.41) is 12.0. The second-order valence-corrected chi connectivity index (χ2v) is 4.97. The van der Waals surface area contributed by atoms with Crippen LogP contribution < -0.4 is 5.32 Å². The van der Waals surface area contributed by atoms with Gasteiger partial charge in [0.15, 0.2) is 0 Å². The average Bonchev–Trinajstić information content (AvgIpc) is 2.32. The molecule has 1 rings (SSSR count). The van der Waals surface area contributed by atoms with E-state index in [0.717, 1.165) is 17.7 Å². The molecule has 0 fully saturated rings. The quantitative estimate of drug-likeness (QED) is 0.816. The molecule has 3 nitrogen and oxygen atoms in total. The van der Waals surface area contributed by atoms with Crippen LogP contribution in [0, 0.1) is 5.92 Å². The molecule has 1 atom stereocenters.